The van der Waals surface area contributed by atoms with Gasteiger partial charge in [-0.05, 0) is 48.7 Å². The van der Waals surface area contributed by atoms with Crippen LogP contribution in [-0.2, 0) is 9.16 Å². The molecule has 2 aromatic rings. The highest BCUT2D eigenvalue weighted by molar-refractivity contribution is 6.99. The van der Waals surface area contributed by atoms with Crippen molar-refractivity contribution in [1.82, 2.24) is 4.90 Å². The van der Waals surface area contributed by atoms with Crippen LogP contribution in [0.2, 0.25) is 5.04 Å². The molecule has 31 heavy (non-hydrogen) atoms. The third-order valence-electron chi connectivity index (χ3n) is 5.66. The third-order valence-corrected chi connectivity index (χ3v) is 10.6. The Labute approximate surface area is 188 Å². The first-order valence-electron chi connectivity index (χ1n) is 10.9. The first-order chi connectivity index (χ1) is 14.5. The monoisotopic (exact) mass is 437 g/mol. The molecule has 0 saturated carbocycles. The molecule has 1 fully saturated rings. The van der Waals surface area contributed by atoms with Crippen molar-refractivity contribution in [2.45, 2.75) is 65.3 Å². The topological polar surface area (TPSA) is 38.8 Å². The summed E-state index contributed by atoms with van der Waals surface area (Å²) >= 11 is 0. The van der Waals surface area contributed by atoms with Crippen LogP contribution in [0, 0.1) is 0 Å². The molecule has 0 bridgehead atoms. The summed E-state index contributed by atoms with van der Waals surface area (Å²) in [6.45, 7) is 14.9. The van der Waals surface area contributed by atoms with Crippen molar-refractivity contribution < 1.29 is 14.0 Å². The molecular weight excluding hydrogens is 402 g/mol. The van der Waals surface area contributed by atoms with Crippen molar-refractivity contribution in [3.8, 4) is 0 Å². The lowest BCUT2D eigenvalue weighted by molar-refractivity contribution is -0.0363. The molecule has 4 nitrogen and oxygen atoms in total. The second kappa shape index (κ2) is 8.64. The van der Waals surface area contributed by atoms with Crippen LogP contribution >= 0.6 is 0 Å². The number of likely N-dealkylation sites (tertiary alicyclic amines) is 1. The Kier molecular flexibility index (Phi) is 6.49. The number of carbonyl (C=O) groups excluding carboxylic acids is 1. The zero-order valence-corrected chi connectivity index (χ0v) is 20.8. The maximum absolute atomic E-state index is 12.9. The summed E-state index contributed by atoms with van der Waals surface area (Å²) in [5.74, 6) is 0. The predicted molar refractivity (Wildman–Crippen MR) is 129 cm³/mol. The molecule has 166 valence electrons. The van der Waals surface area contributed by atoms with Crippen LogP contribution in [0.25, 0.3) is 0 Å². The van der Waals surface area contributed by atoms with Crippen molar-refractivity contribution in [3.05, 3.63) is 72.3 Å². The first-order valence-corrected chi connectivity index (χ1v) is 12.8. The van der Waals surface area contributed by atoms with E-state index in [9.17, 15) is 4.79 Å². The van der Waals surface area contributed by atoms with E-state index in [2.05, 4.69) is 75.4 Å². The number of ether oxygens (including phenoxy) is 1. The van der Waals surface area contributed by atoms with Crippen molar-refractivity contribution in [2.75, 3.05) is 6.54 Å². The molecule has 1 amide bonds. The SMILES string of the molecule is C/C=C1/CN(C(=O)OC(C)(C)C)[C@H]1O[Si](c1ccccc1)(c1ccccc1)C(C)(C)C. The van der Waals surface area contributed by atoms with Gasteiger partial charge < -0.3 is 9.16 Å². The number of hydrogen-bond donors (Lipinski definition) is 0. The van der Waals surface area contributed by atoms with Crippen molar-refractivity contribution in [3.63, 3.8) is 0 Å². The summed E-state index contributed by atoms with van der Waals surface area (Å²) in [7, 11) is -2.78. The van der Waals surface area contributed by atoms with E-state index in [-0.39, 0.29) is 11.1 Å². The van der Waals surface area contributed by atoms with Gasteiger partial charge in [0, 0.05) is 0 Å². The Morgan fingerprint density at radius 1 is 0.935 bits per heavy atom. The highest BCUT2D eigenvalue weighted by Gasteiger charge is 2.55. The van der Waals surface area contributed by atoms with Crippen LogP contribution in [0.4, 0.5) is 4.79 Å². The van der Waals surface area contributed by atoms with Crippen molar-refractivity contribution in [2.24, 2.45) is 0 Å². The minimum Gasteiger partial charge on any atom is -0.444 e. The van der Waals surface area contributed by atoms with E-state index in [1.54, 1.807) is 4.90 Å². The molecule has 1 aliphatic rings. The number of carbonyl (C=O) groups is 1. The van der Waals surface area contributed by atoms with E-state index in [1.165, 1.54) is 10.4 Å². The minimum atomic E-state index is -2.78. The number of allylic oxidation sites excluding steroid dienone is 1. The normalized spacial score (nSPS) is 18.6. The molecule has 0 radical (unpaired) electrons. The van der Waals surface area contributed by atoms with E-state index in [0.29, 0.717) is 6.54 Å². The smallest absolute Gasteiger partial charge is 0.412 e. The summed E-state index contributed by atoms with van der Waals surface area (Å²) in [4.78, 5) is 14.6. The lowest BCUT2D eigenvalue weighted by Gasteiger charge is -2.51. The summed E-state index contributed by atoms with van der Waals surface area (Å²) in [5.41, 5.74) is 0.559. The predicted octanol–water partition coefficient (Wildman–Crippen LogP) is 5.09. The second-order valence-corrected chi connectivity index (χ2v) is 14.4. The molecule has 3 rings (SSSR count). The fraction of sp³-hybridized carbons (Fsp3) is 0.423. The Bertz CT molecular complexity index is 887. The van der Waals surface area contributed by atoms with Crippen LogP contribution in [0.1, 0.15) is 48.5 Å². The van der Waals surface area contributed by atoms with Gasteiger partial charge in [0.05, 0.1) is 6.54 Å². The zero-order valence-electron chi connectivity index (χ0n) is 19.8. The van der Waals surface area contributed by atoms with Gasteiger partial charge in [-0.15, -0.1) is 0 Å². The number of rotatable bonds is 4. The molecule has 0 unspecified atom stereocenters. The van der Waals surface area contributed by atoms with Crippen molar-refractivity contribution in [1.29, 1.82) is 0 Å². The highest BCUT2D eigenvalue weighted by atomic mass is 28.4. The molecule has 1 saturated heterocycles. The van der Waals surface area contributed by atoms with Gasteiger partial charge in [-0.2, -0.15) is 0 Å². The molecule has 1 aliphatic heterocycles. The fourth-order valence-corrected chi connectivity index (χ4v) is 8.79. The second-order valence-electron chi connectivity index (χ2n) is 10.1. The van der Waals surface area contributed by atoms with Crippen LogP contribution in [-0.4, -0.2) is 37.7 Å². The fourth-order valence-electron chi connectivity index (χ4n) is 4.16. The van der Waals surface area contributed by atoms with Crippen LogP contribution in [0.3, 0.4) is 0 Å². The summed E-state index contributed by atoms with van der Waals surface area (Å²) in [5, 5.41) is 2.23. The van der Waals surface area contributed by atoms with E-state index in [1.807, 2.05) is 39.8 Å². The van der Waals surface area contributed by atoms with Gasteiger partial charge in [0.2, 0.25) is 0 Å². The number of hydrogen-bond acceptors (Lipinski definition) is 3. The Balaban J connectivity index is 2.11. The maximum atomic E-state index is 12.9. The van der Waals surface area contributed by atoms with Gasteiger partial charge >= 0.3 is 6.09 Å². The van der Waals surface area contributed by atoms with E-state index >= 15 is 0 Å². The third kappa shape index (κ3) is 4.63. The molecule has 2 aromatic carbocycles. The van der Waals surface area contributed by atoms with Crippen LogP contribution < -0.4 is 10.4 Å². The summed E-state index contributed by atoms with van der Waals surface area (Å²) in [6.07, 6.45) is 1.30. The Hall–Kier alpha value is -2.37. The maximum Gasteiger partial charge on any atom is 0.412 e. The van der Waals surface area contributed by atoms with E-state index < -0.39 is 20.1 Å². The van der Waals surface area contributed by atoms with E-state index in [4.69, 9.17) is 9.16 Å². The van der Waals surface area contributed by atoms with Gasteiger partial charge in [0.25, 0.3) is 8.32 Å². The largest absolute Gasteiger partial charge is 0.444 e. The van der Waals surface area contributed by atoms with Gasteiger partial charge in [0.1, 0.15) is 11.8 Å². The average molecular weight is 438 g/mol. The number of nitrogens with zero attached hydrogens (tertiary/aromatic N) is 1. The highest BCUT2D eigenvalue weighted by Crippen LogP contribution is 2.40. The van der Waals surface area contributed by atoms with Crippen molar-refractivity contribution >= 4 is 24.8 Å². The quantitative estimate of drug-likeness (QED) is 0.494. The first kappa shape index (κ1) is 23.3. The van der Waals surface area contributed by atoms with Gasteiger partial charge in [-0.25, -0.2) is 4.79 Å². The standard InChI is InChI=1S/C26H35NO3Si/c1-8-20-19-27(24(28)29-25(2,3)4)23(20)30-31(26(5,6)7,21-15-11-9-12-16-21)22-17-13-10-14-18-22/h8-18,23H,19H2,1-7H3/b20-8-/t23-/m0/s1. The van der Waals surface area contributed by atoms with Crippen LogP contribution in [0.15, 0.2) is 72.3 Å². The van der Waals surface area contributed by atoms with Gasteiger partial charge in [-0.1, -0.05) is 87.5 Å². The molecule has 1 atom stereocenters. The average Bonchev–Trinajstić information content (AvgIpc) is 2.67. The van der Waals surface area contributed by atoms with Gasteiger partial charge in [-0.3, -0.25) is 4.90 Å². The molecule has 1 heterocycles. The molecule has 0 aliphatic carbocycles. The lowest BCUT2D eigenvalue weighted by atomic mass is 10.1. The molecule has 5 heteroatoms. The number of amides is 1. The zero-order chi connectivity index (χ0) is 22.9. The molecule has 0 N–H and O–H groups in total. The van der Waals surface area contributed by atoms with E-state index in [0.717, 1.165) is 5.57 Å². The minimum absolute atomic E-state index is 0.163. The van der Waals surface area contributed by atoms with Gasteiger partial charge in [0.15, 0.2) is 0 Å². The lowest BCUT2D eigenvalue weighted by Crippen LogP contribution is -2.71. The summed E-state index contributed by atoms with van der Waals surface area (Å²) < 4.78 is 12.8. The Morgan fingerprint density at radius 3 is 1.81 bits per heavy atom. The molecule has 0 spiro atoms. The summed E-state index contributed by atoms with van der Waals surface area (Å²) in [6, 6.07) is 21.0. The molecule has 0 aromatic heterocycles. The Morgan fingerprint density at radius 2 is 1.42 bits per heavy atom. The molecular formula is C26H35NO3Si. The number of benzene rings is 2. The van der Waals surface area contributed by atoms with Crippen LogP contribution in [0.5, 0.6) is 0 Å².